The molecule has 2 rings (SSSR count). The molecular formula is C16H14F4N2O. The van der Waals surface area contributed by atoms with Crippen LogP contribution in [0.2, 0.25) is 0 Å². The second-order valence-electron chi connectivity index (χ2n) is 4.96. The molecule has 1 N–H and O–H groups in total. The van der Waals surface area contributed by atoms with Crippen molar-refractivity contribution in [3.05, 3.63) is 64.7 Å². The van der Waals surface area contributed by atoms with Crippen molar-refractivity contribution in [3.63, 3.8) is 0 Å². The fourth-order valence-electron chi connectivity index (χ4n) is 2.03. The van der Waals surface area contributed by atoms with E-state index < -0.39 is 17.8 Å². The van der Waals surface area contributed by atoms with E-state index in [1.807, 2.05) is 0 Å². The summed E-state index contributed by atoms with van der Waals surface area (Å²) in [7, 11) is 0. The van der Waals surface area contributed by atoms with Gasteiger partial charge in [-0.05, 0) is 43.2 Å². The van der Waals surface area contributed by atoms with Gasteiger partial charge in [0.1, 0.15) is 11.5 Å². The van der Waals surface area contributed by atoms with Crippen LogP contribution >= 0.6 is 0 Å². The van der Waals surface area contributed by atoms with Crippen LogP contribution in [-0.2, 0) is 12.6 Å². The van der Waals surface area contributed by atoms with Gasteiger partial charge >= 0.3 is 6.18 Å². The number of hydrogen-bond donors (Lipinski definition) is 1. The number of halogens is 4. The highest BCUT2D eigenvalue weighted by Crippen LogP contribution is 2.28. The largest absolute Gasteiger partial charge is 0.433 e. The molecule has 0 aliphatic heterocycles. The van der Waals surface area contributed by atoms with Crippen molar-refractivity contribution in [1.29, 1.82) is 0 Å². The van der Waals surface area contributed by atoms with Gasteiger partial charge in [-0.1, -0.05) is 12.1 Å². The Kier molecular flexibility index (Phi) is 4.98. The zero-order valence-electron chi connectivity index (χ0n) is 12.2. The summed E-state index contributed by atoms with van der Waals surface area (Å²) < 4.78 is 50.4. The monoisotopic (exact) mass is 326 g/mol. The number of amides is 1. The minimum Gasteiger partial charge on any atom is -0.352 e. The van der Waals surface area contributed by atoms with Crippen LogP contribution in [0.3, 0.4) is 0 Å². The minimum atomic E-state index is -4.54. The number of rotatable bonds is 4. The number of nitrogens with one attached hydrogen (secondary N) is 1. The molecule has 1 aromatic carbocycles. The average Bonchev–Trinajstić information content (AvgIpc) is 2.48. The van der Waals surface area contributed by atoms with E-state index in [-0.39, 0.29) is 23.6 Å². The van der Waals surface area contributed by atoms with Crippen molar-refractivity contribution in [2.24, 2.45) is 0 Å². The number of carbonyl (C=O) groups is 1. The quantitative estimate of drug-likeness (QED) is 0.874. The van der Waals surface area contributed by atoms with Crippen molar-refractivity contribution >= 4 is 5.91 Å². The first-order valence-corrected chi connectivity index (χ1v) is 6.85. The Morgan fingerprint density at radius 1 is 1.13 bits per heavy atom. The fraction of sp³-hybridized carbons (Fsp3) is 0.250. The van der Waals surface area contributed by atoms with Gasteiger partial charge in [0.05, 0.1) is 11.3 Å². The molecule has 3 nitrogen and oxygen atoms in total. The fourth-order valence-corrected chi connectivity index (χ4v) is 2.03. The van der Waals surface area contributed by atoms with E-state index in [0.29, 0.717) is 6.42 Å². The number of alkyl halides is 3. The third-order valence-electron chi connectivity index (χ3n) is 3.23. The number of aryl methyl sites for hydroxylation is 1. The first-order valence-electron chi connectivity index (χ1n) is 6.85. The van der Waals surface area contributed by atoms with Gasteiger partial charge < -0.3 is 5.32 Å². The molecule has 1 heterocycles. The van der Waals surface area contributed by atoms with Crippen molar-refractivity contribution < 1.29 is 22.4 Å². The molecular weight excluding hydrogens is 312 g/mol. The van der Waals surface area contributed by atoms with E-state index in [2.05, 4.69) is 10.3 Å². The lowest BCUT2D eigenvalue weighted by molar-refractivity contribution is -0.141. The van der Waals surface area contributed by atoms with Crippen LogP contribution in [0.5, 0.6) is 0 Å². The lowest BCUT2D eigenvalue weighted by atomic mass is 10.1. The molecule has 0 spiro atoms. The van der Waals surface area contributed by atoms with Crippen molar-refractivity contribution in [2.75, 3.05) is 6.54 Å². The molecule has 23 heavy (non-hydrogen) atoms. The van der Waals surface area contributed by atoms with E-state index in [4.69, 9.17) is 0 Å². The van der Waals surface area contributed by atoms with Crippen LogP contribution in [-0.4, -0.2) is 17.4 Å². The normalized spacial score (nSPS) is 11.3. The molecule has 0 aliphatic carbocycles. The van der Waals surface area contributed by atoms with Gasteiger partial charge in [0.2, 0.25) is 0 Å². The van der Waals surface area contributed by atoms with Crippen LogP contribution in [0, 0.1) is 12.7 Å². The van der Waals surface area contributed by atoms with Crippen LogP contribution in [0.4, 0.5) is 17.6 Å². The third-order valence-corrected chi connectivity index (χ3v) is 3.23. The maximum atomic E-state index is 12.8. The Morgan fingerprint density at radius 3 is 2.35 bits per heavy atom. The lowest BCUT2D eigenvalue weighted by Gasteiger charge is -2.10. The Labute approximate surface area is 130 Å². The third kappa shape index (κ3) is 4.51. The number of benzene rings is 1. The first-order chi connectivity index (χ1) is 10.8. The maximum absolute atomic E-state index is 12.8. The highest BCUT2D eigenvalue weighted by molar-refractivity contribution is 5.95. The lowest BCUT2D eigenvalue weighted by Crippen LogP contribution is -2.27. The molecule has 0 radical (unpaired) electrons. The highest BCUT2D eigenvalue weighted by atomic mass is 19.4. The topological polar surface area (TPSA) is 42.0 Å². The van der Waals surface area contributed by atoms with Crippen molar-refractivity contribution in [2.45, 2.75) is 19.5 Å². The maximum Gasteiger partial charge on any atom is 0.433 e. The SMILES string of the molecule is Cc1nc(C(F)(F)F)ccc1C(=O)NCCc1ccc(F)cc1. The smallest absolute Gasteiger partial charge is 0.352 e. The number of aromatic nitrogens is 1. The predicted octanol–water partition coefficient (Wildman–Crippen LogP) is 3.52. The number of pyridine rings is 1. The second kappa shape index (κ2) is 6.76. The van der Waals surface area contributed by atoms with Crippen LogP contribution in [0.1, 0.15) is 27.3 Å². The Bertz CT molecular complexity index is 696. The summed E-state index contributed by atoms with van der Waals surface area (Å²) in [6.45, 7) is 1.63. The van der Waals surface area contributed by atoms with Crippen molar-refractivity contribution in [3.8, 4) is 0 Å². The van der Waals surface area contributed by atoms with E-state index in [9.17, 15) is 22.4 Å². The van der Waals surface area contributed by atoms with E-state index in [1.165, 1.54) is 19.1 Å². The Morgan fingerprint density at radius 2 is 1.78 bits per heavy atom. The van der Waals surface area contributed by atoms with Crippen LogP contribution < -0.4 is 5.32 Å². The molecule has 0 unspecified atom stereocenters. The summed E-state index contributed by atoms with van der Waals surface area (Å²) in [4.78, 5) is 15.4. The van der Waals surface area contributed by atoms with Gasteiger partial charge in [0, 0.05) is 6.54 Å². The van der Waals surface area contributed by atoms with Crippen molar-refractivity contribution in [1.82, 2.24) is 10.3 Å². The molecule has 0 aliphatic rings. The summed E-state index contributed by atoms with van der Waals surface area (Å²) >= 11 is 0. The van der Waals surface area contributed by atoms with E-state index in [0.717, 1.165) is 17.7 Å². The van der Waals surface area contributed by atoms with Gasteiger partial charge in [0.15, 0.2) is 0 Å². The molecule has 0 saturated carbocycles. The summed E-state index contributed by atoms with van der Waals surface area (Å²) in [6, 6.07) is 7.74. The molecule has 0 fully saturated rings. The molecule has 7 heteroatoms. The van der Waals surface area contributed by atoms with Crippen LogP contribution in [0.15, 0.2) is 36.4 Å². The number of carbonyl (C=O) groups excluding carboxylic acids is 1. The number of hydrogen-bond acceptors (Lipinski definition) is 2. The molecule has 2 aromatic rings. The minimum absolute atomic E-state index is 0.0131. The molecule has 0 atom stereocenters. The summed E-state index contributed by atoms with van der Waals surface area (Å²) in [5, 5.41) is 2.61. The first kappa shape index (κ1) is 16.9. The molecule has 1 amide bonds. The van der Waals surface area contributed by atoms with Gasteiger partial charge in [-0.25, -0.2) is 9.37 Å². The zero-order valence-corrected chi connectivity index (χ0v) is 12.2. The molecule has 0 saturated heterocycles. The number of nitrogens with zero attached hydrogens (tertiary/aromatic N) is 1. The highest BCUT2D eigenvalue weighted by Gasteiger charge is 2.33. The Hall–Kier alpha value is -2.44. The second-order valence-corrected chi connectivity index (χ2v) is 4.96. The van der Waals surface area contributed by atoms with E-state index >= 15 is 0 Å². The van der Waals surface area contributed by atoms with Crippen LogP contribution in [0.25, 0.3) is 0 Å². The van der Waals surface area contributed by atoms with Gasteiger partial charge in [-0.3, -0.25) is 4.79 Å². The molecule has 0 bridgehead atoms. The van der Waals surface area contributed by atoms with Gasteiger partial charge in [-0.15, -0.1) is 0 Å². The molecule has 122 valence electrons. The zero-order chi connectivity index (χ0) is 17.0. The molecule has 1 aromatic heterocycles. The standard InChI is InChI=1S/C16H14F4N2O/c1-10-13(6-7-14(22-10)16(18,19)20)15(23)21-9-8-11-2-4-12(17)5-3-11/h2-7H,8-9H2,1H3,(H,21,23). The van der Waals surface area contributed by atoms with Gasteiger partial charge in [0.25, 0.3) is 5.91 Å². The Balaban J connectivity index is 1.97. The summed E-state index contributed by atoms with van der Waals surface area (Å²) in [6.07, 6.45) is -4.05. The van der Waals surface area contributed by atoms with E-state index in [1.54, 1.807) is 12.1 Å². The van der Waals surface area contributed by atoms with Gasteiger partial charge in [-0.2, -0.15) is 13.2 Å². The predicted molar refractivity (Wildman–Crippen MR) is 76.4 cm³/mol. The average molecular weight is 326 g/mol. The summed E-state index contributed by atoms with van der Waals surface area (Å²) in [5.74, 6) is -0.838. The summed E-state index contributed by atoms with van der Waals surface area (Å²) in [5.41, 5.74) is -0.0805.